The van der Waals surface area contributed by atoms with Crippen molar-refractivity contribution in [2.24, 2.45) is 0 Å². The molecule has 1 aliphatic rings. The van der Waals surface area contributed by atoms with Crippen molar-refractivity contribution < 1.29 is 13.6 Å². The lowest BCUT2D eigenvalue weighted by atomic mass is 10.0. The second-order valence-electron chi connectivity index (χ2n) is 5.23. The summed E-state index contributed by atoms with van der Waals surface area (Å²) in [6.45, 7) is 2.33. The molecule has 2 aromatic rings. The van der Waals surface area contributed by atoms with Gasteiger partial charge in [-0.25, -0.2) is 8.78 Å². The quantitative estimate of drug-likeness (QED) is 0.931. The number of nitrogens with one attached hydrogen (secondary N) is 1. The molecule has 1 N–H and O–H groups in total. The maximum atomic E-state index is 14.1. The Morgan fingerprint density at radius 1 is 1.09 bits per heavy atom. The average Bonchev–Trinajstić information content (AvgIpc) is 2.51. The van der Waals surface area contributed by atoms with E-state index in [0.29, 0.717) is 24.2 Å². The van der Waals surface area contributed by atoms with Gasteiger partial charge in [-0.15, -0.1) is 0 Å². The number of para-hydroxylation sites is 1. The molecule has 3 rings (SSSR count). The second-order valence-corrected chi connectivity index (χ2v) is 5.23. The molecule has 0 radical (unpaired) electrons. The predicted octanol–water partition coefficient (Wildman–Crippen LogP) is 3.94. The highest BCUT2D eigenvalue weighted by atomic mass is 19.1. The van der Waals surface area contributed by atoms with Crippen LogP contribution in [0.5, 0.6) is 0 Å². The zero-order chi connectivity index (χ0) is 15.7. The van der Waals surface area contributed by atoms with Gasteiger partial charge >= 0.3 is 0 Å². The molecule has 0 aromatic heterocycles. The molecule has 2 aromatic carbocycles. The fourth-order valence-electron chi connectivity index (χ4n) is 2.76. The smallest absolute Gasteiger partial charge is 0.257 e. The number of halogens is 2. The van der Waals surface area contributed by atoms with Gasteiger partial charge in [0.15, 0.2) is 0 Å². The fraction of sp³-hybridized carbons (Fsp3) is 0.235. The number of hydrogen-bond donors (Lipinski definition) is 1. The third-order valence-corrected chi connectivity index (χ3v) is 3.76. The molecule has 1 amide bonds. The topological polar surface area (TPSA) is 32.3 Å². The zero-order valence-corrected chi connectivity index (χ0v) is 12.1. The summed E-state index contributed by atoms with van der Waals surface area (Å²) in [7, 11) is 0. The van der Waals surface area contributed by atoms with Crippen LogP contribution >= 0.6 is 0 Å². The van der Waals surface area contributed by atoms with Crippen molar-refractivity contribution in [3.63, 3.8) is 0 Å². The van der Waals surface area contributed by atoms with Gasteiger partial charge in [0.05, 0.1) is 11.1 Å². The Hall–Kier alpha value is -2.43. The van der Waals surface area contributed by atoms with Crippen LogP contribution in [0.15, 0.2) is 42.5 Å². The number of fused-ring (bicyclic) bond motifs is 1. The molecule has 3 nitrogen and oxygen atoms in total. The lowest BCUT2D eigenvalue weighted by Gasteiger charge is -2.38. The molecule has 22 heavy (non-hydrogen) atoms. The summed E-state index contributed by atoms with van der Waals surface area (Å²) in [6.07, 6.45) is -0.147. The van der Waals surface area contributed by atoms with Crippen LogP contribution in [0.3, 0.4) is 0 Å². The summed E-state index contributed by atoms with van der Waals surface area (Å²) in [4.78, 5) is 14.1. The number of carbonyl (C=O) groups is 1. The lowest BCUT2D eigenvalue weighted by molar-refractivity contribution is 0.0677. The number of nitrogens with zero attached hydrogens (tertiary/aromatic N) is 1. The monoisotopic (exact) mass is 302 g/mol. The maximum Gasteiger partial charge on any atom is 0.257 e. The summed E-state index contributed by atoms with van der Waals surface area (Å²) in [5.74, 6) is -1.54. The molecular formula is C17H16F2N2O. The largest absolute Gasteiger partial charge is 0.361 e. The number of benzene rings is 2. The molecule has 114 valence electrons. The highest BCUT2D eigenvalue weighted by molar-refractivity contribution is 6.01. The zero-order valence-electron chi connectivity index (χ0n) is 12.1. The number of amides is 1. The Morgan fingerprint density at radius 2 is 1.77 bits per heavy atom. The molecule has 0 saturated heterocycles. The summed E-state index contributed by atoms with van der Waals surface area (Å²) in [5, 5.41) is 3.09. The highest BCUT2D eigenvalue weighted by Crippen LogP contribution is 2.35. The van der Waals surface area contributed by atoms with E-state index in [1.54, 1.807) is 24.3 Å². The molecular weight excluding hydrogens is 286 g/mol. The van der Waals surface area contributed by atoms with Crippen LogP contribution in [0.2, 0.25) is 0 Å². The Kier molecular flexibility index (Phi) is 3.79. The Bertz CT molecular complexity index is 697. The number of hydrogen-bond acceptors (Lipinski definition) is 2. The molecule has 0 fully saturated rings. The number of anilines is 1. The van der Waals surface area contributed by atoms with E-state index in [9.17, 15) is 13.6 Å². The first kappa shape index (κ1) is 14.5. The van der Waals surface area contributed by atoms with Crippen LogP contribution in [0.25, 0.3) is 0 Å². The van der Waals surface area contributed by atoms with E-state index in [4.69, 9.17) is 0 Å². The molecule has 0 aliphatic carbocycles. The number of rotatable bonds is 3. The summed E-state index contributed by atoms with van der Waals surface area (Å²) < 4.78 is 28.3. The SMILES string of the molecule is CCCN1C(=O)c2ccccc2N[C@@H]1c1c(F)cccc1F. The third-order valence-electron chi connectivity index (χ3n) is 3.76. The molecule has 1 aliphatic heterocycles. The second kappa shape index (κ2) is 5.75. The van der Waals surface area contributed by atoms with E-state index in [1.165, 1.54) is 23.1 Å². The summed E-state index contributed by atoms with van der Waals surface area (Å²) in [6, 6.07) is 10.7. The van der Waals surface area contributed by atoms with Gasteiger partial charge in [-0.2, -0.15) is 0 Å². The van der Waals surface area contributed by atoms with Crippen LogP contribution in [0.1, 0.15) is 35.4 Å². The van der Waals surface area contributed by atoms with Gasteiger partial charge in [-0.3, -0.25) is 4.79 Å². The molecule has 0 spiro atoms. The molecule has 5 heteroatoms. The van der Waals surface area contributed by atoms with E-state index in [1.807, 2.05) is 6.92 Å². The maximum absolute atomic E-state index is 14.1. The van der Waals surface area contributed by atoms with E-state index < -0.39 is 17.8 Å². The van der Waals surface area contributed by atoms with Crippen LogP contribution in [-0.2, 0) is 0 Å². The normalized spacial score (nSPS) is 17.1. The highest BCUT2D eigenvalue weighted by Gasteiger charge is 2.35. The van der Waals surface area contributed by atoms with E-state index >= 15 is 0 Å². The van der Waals surface area contributed by atoms with Crippen LogP contribution in [-0.4, -0.2) is 17.4 Å². The van der Waals surface area contributed by atoms with Gasteiger partial charge in [0, 0.05) is 12.2 Å². The van der Waals surface area contributed by atoms with E-state index in [2.05, 4.69) is 5.32 Å². The molecule has 0 unspecified atom stereocenters. The Labute approximate surface area is 127 Å². The molecule has 0 saturated carbocycles. The van der Waals surface area contributed by atoms with Crippen molar-refractivity contribution >= 4 is 11.6 Å². The van der Waals surface area contributed by atoms with Crippen LogP contribution in [0.4, 0.5) is 14.5 Å². The molecule has 0 bridgehead atoms. The summed E-state index contributed by atoms with van der Waals surface area (Å²) in [5.41, 5.74) is 0.982. The Balaban J connectivity index is 2.12. The van der Waals surface area contributed by atoms with Gasteiger partial charge in [0.1, 0.15) is 17.8 Å². The minimum absolute atomic E-state index is 0.126. The fourth-order valence-corrected chi connectivity index (χ4v) is 2.76. The van der Waals surface area contributed by atoms with Gasteiger partial charge in [0.25, 0.3) is 5.91 Å². The van der Waals surface area contributed by atoms with Gasteiger partial charge in [-0.1, -0.05) is 25.1 Å². The van der Waals surface area contributed by atoms with Crippen molar-refractivity contribution in [1.29, 1.82) is 0 Å². The summed E-state index contributed by atoms with van der Waals surface area (Å²) >= 11 is 0. The van der Waals surface area contributed by atoms with Gasteiger partial charge in [0.2, 0.25) is 0 Å². The van der Waals surface area contributed by atoms with Gasteiger partial charge in [-0.05, 0) is 30.7 Å². The first-order valence-electron chi connectivity index (χ1n) is 7.24. The predicted molar refractivity (Wildman–Crippen MR) is 80.5 cm³/mol. The van der Waals surface area contributed by atoms with Crippen LogP contribution in [0, 0.1) is 11.6 Å². The van der Waals surface area contributed by atoms with Gasteiger partial charge < -0.3 is 10.2 Å². The Morgan fingerprint density at radius 3 is 2.45 bits per heavy atom. The van der Waals surface area contributed by atoms with Crippen LogP contribution < -0.4 is 5.32 Å². The van der Waals surface area contributed by atoms with E-state index in [-0.39, 0.29) is 11.5 Å². The minimum Gasteiger partial charge on any atom is -0.361 e. The van der Waals surface area contributed by atoms with Crippen molar-refractivity contribution in [2.75, 3.05) is 11.9 Å². The van der Waals surface area contributed by atoms with Crippen molar-refractivity contribution in [1.82, 2.24) is 4.90 Å². The number of carbonyl (C=O) groups excluding carboxylic acids is 1. The standard InChI is InChI=1S/C17H16F2N2O/c1-2-10-21-16(15-12(18)7-5-8-13(15)19)20-14-9-4-3-6-11(14)17(21)22/h3-9,16,20H,2,10H2,1H3/t16-/m0/s1. The van der Waals surface area contributed by atoms with Crippen molar-refractivity contribution in [2.45, 2.75) is 19.5 Å². The van der Waals surface area contributed by atoms with Crippen molar-refractivity contribution in [3.8, 4) is 0 Å². The average molecular weight is 302 g/mol. The lowest BCUT2D eigenvalue weighted by Crippen LogP contribution is -2.44. The first-order valence-corrected chi connectivity index (χ1v) is 7.24. The molecule has 1 atom stereocenters. The van der Waals surface area contributed by atoms with Crippen molar-refractivity contribution in [3.05, 3.63) is 65.2 Å². The molecule has 1 heterocycles. The minimum atomic E-state index is -0.844. The first-order chi connectivity index (χ1) is 10.6. The van der Waals surface area contributed by atoms with E-state index in [0.717, 1.165) is 0 Å². The third kappa shape index (κ3) is 2.32.